The third kappa shape index (κ3) is 2.96. The number of hydrogen-bond acceptors (Lipinski definition) is 1. The van der Waals surface area contributed by atoms with Crippen LogP contribution in [0.25, 0.3) is 0 Å². The Morgan fingerprint density at radius 3 is 2.33 bits per heavy atom. The van der Waals surface area contributed by atoms with Gasteiger partial charge >= 0.3 is 0 Å². The van der Waals surface area contributed by atoms with E-state index in [9.17, 15) is 4.79 Å². The van der Waals surface area contributed by atoms with Gasteiger partial charge in [0.2, 0.25) is 5.91 Å². The summed E-state index contributed by atoms with van der Waals surface area (Å²) in [6.07, 6.45) is 3.66. The zero-order chi connectivity index (χ0) is 11.6. The lowest BCUT2D eigenvalue weighted by Gasteiger charge is -2.25. The monoisotopic (exact) mass is 211 g/mol. The van der Waals surface area contributed by atoms with Crippen LogP contribution >= 0.6 is 0 Å². The Morgan fingerprint density at radius 2 is 1.93 bits per heavy atom. The Bertz CT molecular complexity index is 229. The molecule has 2 nitrogen and oxygen atoms in total. The first kappa shape index (κ1) is 12.5. The SMILES string of the molecule is CCC1CCC(NC(=O)C(C)(C)C)C1C. The van der Waals surface area contributed by atoms with Crippen molar-refractivity contribution in [2.75, 3.05) is 0 Å². The summed E-state index contributed by atoms with van der Waals surface area (Å²) in [6.45, 7) is 10.4. The van der Waals surface area contributed by atoms with E-state index in [0.717, 1.165) is 12.3 Å². The van der Waals surface area contributed by atoms with Crippen LogP contribution in [-0.4, -0.2) is 11.9 Å². The minimum Gasteiger partial charge on any atom is -0.353 e. The lowest BCUT2D eigenvalue weighted by atomic mass is 9.91. The molecule has 1 amide bonds. The minimum atomic E-state index is -0.260. The Kier molecular flexibility index (Phi) is 3.80. The number of nitrogens with one attached hydrogen (secondary N) is 1. The Hall–Kier alpha value is -0.530. The molecule has 0 heterocycles. The van der Waals surface area contributed by atoms with Gasteiger partial charge in [-0.25, -0.2) is 0 Å². The third-order valence-electron chi connectivity index (χ3n) is 3.75. The van der Waals surface area contributed by atoms with E-state index >= 15 is 0 Å². The molecule has 1 saturated carbocycles. The van der Waals surface area contributed by atoms with Crippen LogP contribution in [0.3, 0.4) is 0 Å². The van der Waals surface area contributed by atoms with Gasteiger partial charge in [0, 0.05) is 11.5 Å². The van der Waals surface area contributed by atoms with Gasteiger partial charge in [-0.05, 0) is 24.7 Å². The van der Waals surface area contributed by atoms with Crippen molar-refractivity contribution in [2.45, 2.75) is 59.9 Å². The van der Waals surface area contributed by atoms with Crippen molar-refractivity contribution < 1.29 is 4.79 Å². The molecule has 1 aliphatic rings. The highest BCUT2D eigenvalue weighted by Gasteiger charge is 2.34. The minimum absolute atomic E-state index is 0.191. The number of rotatable bonds is 2. The molecule has 1 N–H and O–H groups in total. The fourth-order valence-corrected chi connectivity index (χ4v) is 2.41. The molecule has 0 spiro atoms. The van der Waals surface area contributed by atoms with E-state index in [-0.39, 0.29) is 11.3 Å². The zero-order valence-electron chi connectivity index (χ0n) is 10.8. The molecule has 88 valence electrons. The Labute approximate surface area is 93.8 Å². The second-order valence-electron chi connectivity index (χ2n) is 5.93. The van der Waals surface area contributed by atoms with Crippen molar-refractivity contribution in [1.82, 2.24) is 5.32 Å². The fourth-order valence-electron chi connectivity index (χ4n) is 2.41. The molecule has 1 rings (SSSR count). The number of amides is 1. The summed E-state index contributed by atoms with van der Waals surface area (Å²) in [7, 11) is 0. The molecule has 0 aliphatic heterocycles. The Balaban J connectivity index is 2.51. The number of carbonyl (C=O) groups excluding carboxylic acids is 1. The predicted octanol–water partition coefficient (Wildman–Crippen LogP) is 2.97. The second-order valence-corrected chi connectivity index (χ2v) is 5.93. The first-order chi connectivity index (χ1) is 6.86. The largest absolute Gasteiger partial charge is 0.353 e. The van der Waals surface area contributed by atoms with Crippen LogP contribution in [0, 0.1) is 17.3 Å². The van der Waals surface area contributed by atoms with Crippen LogP contribution < -0.4 is 5.32 Å². The zero-order valence-corrected chi connectivity index (χ0v) is 10.8. The van der Waals surface area contributed by atoms with Crippen LogP contribution in [-0.2, 0) is 4.79 Å². The van der Waals surface area contributed by atoms with Crippen molar-refractivity contribution in [3.63, 3.8) is 0 Å². The van der Waals surface area contributed by atoms with E-state index in [2.05, 4.69) is 19.2 Å². The molecule has 2 heteroatoms. The molecule has 0 aromatic rings. The summed E-state index contributed by atoms with van der Waals surface area (Å²) >= 11 is 0. The van der Waals surface area contributed by atoms with E-state index < -0.39 is 0 Å². The summed E-state index contributed by atoms with van der Waals surface area (Å²) in [5.41, 5.74) is -0.260. The van der Waals surface area contributed by atoms with Gasteiger partial charge < -0.3 is 5.32 Å². The van der Waals surface area contributed by atoms with Crippen LogP contribution in [0.1, 0.15) is 53.9 Å². The fraction of sp³-hybridized carbons (Fsp3) is 0.923. The molecular formula is C13H25NO. The summed E-state index contributed by atoms with van der Waals surface area (Å²) in [5, 5.41) is 3.19. The van der Waals surface area contributed by atoms with Gasteiger partial charge in [-0.2, -0.15) is 0 Å². The lowest BCUT2D eigenvalue weighted by molar-refractivity contribution is -0.129. The first-order valence-corrected chi connectivity index (χ1v) is 6.17. The maximum Gasteiger partial charge on any atom is 0.225 e. The van der Waals surface area contributed by atoms with Gasteiger partial charge in [-0.15, -0.1) is 0 Å². The van der Waals surface area contributed by atoms with E-state index in [1.807, 2.05) is 20.8 Å². The molecule has 1 aliphatic carbocycles. The molecule has 0 aromatic carbocycles. The highest BCUT2D eigenvalue weighted by atomic mass is 16.2. The van der Waals surface area contributed by atoms with Gasteiger partial charge in [0.25, 0.3) is 0 Å². The van der Waals surface area contributed by atoms with Crippen molar-refractivity contribution in [3.8, 4) is 0 Å². The summed E-state index contributed by atoms with van der Waals surface area (Å²) < 4.78 is 0. The van der Waals surface area contributed by atoms with Gasteiger partial charge in [0.05, 0.1) is 0 Å². The van der Waals surface area contributed by atoms with Gasteiger partial charge in [0.15, 0.2) is 0 Å². The molecule has 0 radical (unpaired) electrons. The molecule has 15 heavy (non-hydrogen) atoms. The topological polar surface area (TPSA) is 29.1 Å². The van der Waals surface area contributed by atoms with Crippen LogP contribution in [0.15, 0.2) is 0 Å². The van der Waals surface area contributed by atoms with Crippen molar-refractivity contribution in [1.29, 1.82) is 0 Å². The second kappa shape index (κ2) is 4.54. The molecule has 3 atom stereocenters. The van der Waals surface area contributed by atoms with Crippen molar-refractivity contribution in [3.05, 3.63) is 0 Å². The third-order valence-corrected chi connectivity index (χ3v) is 3.75. The molecule has 0 bridgehead atoms. The molecule has 1 fully saturated rings. The van der Waals surface area contributed by atoms with Gasteiger partial charge in [-0.3, -0.25) is 4.79 Å². The predicted molar refractivity (Wildman–Crippen MR) is 63.6 cm³/mol. The highest BCUT2D eigenvalue weighted by molar-refractivity contribution is 5.81. The molecular weight excluding hydrogens is 186 g/mol. The summed E-state index contributed by atoms with van der Waals surface area (Å²) in [4.78, 5) is 11.8. The average molecular weight is 211 g/mol. The van der Waals surface area contributed by atoms with E-state index in [1.54, 1.807) is 0 Å². The maximum atomic E-state index is 11.8. The van der Waals surface area contributed by atoms with Crippen LogP contribution in [0.5, 0.6) is 0 Å². The smallest absolute Gasteiger partial charge is 0.225 e. The van der Waals surface area contributed by atoms with Crippen molar-refractivity contribution in [2.24, 2.45) is 17.3 Å². The standard InChI is InChI=1S/C13H25NO/c1-6-10-7-8-11(9(10)2)14-12(15)13(3,4)5/h9-11H,6-8H2,1-5H3,(H,14,15). The Morgan fingerprint density at radius 1 is 1.33 bits per heavy atom. The van der Waals surface area contributed by atoms with Crippen molar-refractivity contribution >= 4 is 5.91 Å². The van der Waals surface area contributed by atoms with Crippen LogP contribution in [0.2, 0.25) is 0 Å². The van der Waals surface area contributed by atoms with E-state index in [1.165, 1.54) is 12.8 Å². The first-order valence-electron chi connectivity index (χ1n) is 6.17. The lowest BCUT2D eigenvalue weighted by Crippen LogP contribution is -2.43. The molecule has 0 saturated heterocycles. The average Bonchev–Trinajstić information content (AvgIpc) is 2.46. The van der Waals surface area contributed by atoms with E-state index in [0.29, 0.717) is 12.0 Å². The maximum absolute atomic E-state index is 11.8. The summed E-state index contributed by atoms with van der Waals surface area (Å²) in [6, 6.07) is 0.404. The number of hydrogen-bond donors (Lipinski definition) is 1. The van der Waals surface area contributed by atoms with E-state index in [4.69, 9.17) is 0 Å². The van der Waals surface area contributed by atoms with Crippen LogP contribution in [0.4, 0.5) is 0 Å². The normalized spacial score (nSPS) is 31.7. The molecule has 3 unspecified atom stereocenters. The quantitative estimate of drug-likeness (QED) is 0.747. The highest BCUT2D eigenvalue weighted by Crippen LogP contribution is 2.34. The van der Waals surface area contributed by atoms with Gasteiger partial charge in [-0.1, -0.05) is 41.0 Å². The summed E-state index contributed by atoms with van der Waals surface area (Å²) in [5.74, 6) is 1.63. The van der Waals surface area contributed by atoms with Gasteiger partial charge in [0.1, 0.15) is 0 Å². The molecule has 0 aromatic heterocycles. The number of carbonyl (C=O) groups is 1.